The zero-order valence-electron chi connectivity index (χ0n) is 49.4. The quantitative estimate of drug-likeness (QED) is 0.0261. The Morgan fingerprint density at radius 1 is 0.284 bits per heavy atom. The average molecular weight is 1040 g/mol. The lowest BCUT2D eigenvalue weighted by atomic mass is 10.0. The van der Waals surface area contributed by atoms with Gasteiger partial charge in [0.05, 0.1) is 0 Å². The van der Waals surface area contributed by atoms with E-state index in [-0.39, 0.29) is 31.1 Å². The molecule has 0 aliphatic rings. The topological polar surface area (TPSA) is 78.9 Å². The van der Waals surface area contributed by atoms with Gasteiger partial charge >= 0.3 is 17.9 Å². The van der Waals surface area contributed by atoms with Crippen LogP contribution < -0.4 is 0 Å². The first-order valence-corrected chi connectivity index (χ1v) is 32.3. The number of unbranched alkanes of at least 4 members (excludes halogenated alkanes) is 38. The summed E-state index contributed by atoms with van der Waals surface area (Å²) < 4.78 is 16.8. The van der Waals surface area contributed by atoms with Gasteiger partial charge in [0.2, 0.25) is 0 Å². The Hall–Kier alpha value is -2.89. The van der Waals surface area contributed by atoms with E-state index < -0.39 is 6.10 Å². The molecule has 0 aliphatic carbocycles. The van der Waals surface area contributed by atoms with E-state index in [1.807, 2.05) is 0 Å². The molecule has 1 unspecified atom stereocenters. The van der Waals surface area contributed by atoms with Crippen molar-refractivity contribution < 1.29 is 28.6 Å². The zero-order valence-corrected chi connectivity index (χ0v) is 49.4. The number of carbonyl (C=O) groups is 3. The SMILES string of the molecule is CC/C=C\C/C=C\C/C=C\C/C=C\C/C=C\CCCCCCCCCCCCCCCCCC(=O)OCC(COC(=O)CCCCCCCC)OC(=O)CCCCCCCCCCCCCCCCCCCCC. The summed E-state index contributed by atoms with van der Waals surface area (Å²) in [5, 5.41) is 0. The standard InChI is InChI=1S/C68H122O6/c1-4-7-10-13-16-18-20-22-24-26-28-29-30-31-32-33-34-35-36-37-38-39-41-42-44-46-48-50-52-55-58-61-67(70)73-64-65(63-72-66(69)60-57-54-15-12-9-6-3)74-68(71)62-59-56-53-51-49-47-45-43-40-27-25-23-21-19-17-14-11-8-5-2/h7,10,16,18,22,24,28-29,31-32,65H,4-6,8-9,11-15,17,19-21,23,25-27,30,33-64H2,1-3H3/b10-7-,18-16-,24-22-,29-28-,32-31-. The number of hydrogen-bond acceptors (Lipinski definition) is 6. The van der Waals surface area contributed by atoms with Gasteiger partial charge in [0, 0.05) is 19.3 Å². The van der Waals surface area contributed by atoms with Crippen LogP contribution in [0.4, 0.5) is 0 Å². The van der Waals surface area contributed by atoms with Crippen molar-refractivity contribution in [1.82, 2.24) is 0 Å². The third kappa shape index (κ3) is 60.0. The second-order valence-electron chi connectivity index (χ2n) is 21.7. The zero-order chi connectivity index (χ0) is 53.6. The number of ether oxygens (including phenoxy) is 3. The molecule has 0 radical (unpaired) electrons. The number of carbonyl (C=O) groups excluding carboxylic acids is 3. The van der Waals surface area contributed by atoms with Crippen molar-refractivity contribution in [2.24, 2.45) is 0 Å². The summed E-state index contributed by atoms with van der Waals surface area (Å²) in [5.74, 6) is -0.859. The fraction of sp³-hybridized carbons (Fsp3) is 0.809. The third-order valence-corrected chi connectivity index (χ3v) is 14.3. The Balaban J connectivity index is 4.00. The van der Waals surface area contributed by atoms with E-state index in [1.54, 1.807) is 0 Å². The molecule has 0 rings (SSSR count). The van der Waals surface area contributed by atoms with E-state index in [0.717, 1.165) is 89.9 Å². The molecule has 0 bridgehead atoms. The van der Waals surface area contributed by atoms with E-state index in [4.69, 9.17) is 14.2 Å². The average Bonchev–Trinajstić information content (AvgIpc) is 3.40. The second-order valence-corrected chi connectivity index (χ2v) is 21.7. The largest absolute Gasteiger partial charge is 0.462 e. The van der Waals surface area contributed by atoms with Gasteiger partial charge in [0.15, 0.2) is 6.10 Å². The number of hydrogen-bond donors (Lipinski definition) is 0. The molecule has 0 saturated heterocycles. The second kappa shape index (κ2) is 62.6. The summed E-state index contributed by atoms with van der Waals surface area (Å²) in [5.41, 5.74) is 0. The van der Waals surface area contributed by atoms with Gasteiger partial charge in [0.1, 0.15) is 13.2 Å². The molecule has 6 heteroatoms. The first-order chi connectivity index (χ1) is 36.5. The van der Waals surface area contributed by atoms with Crippen LogP contribution in [0.25, 0.3) is 0 Å². The molecule has 6 nitrogen and oxygen atoms in total. The maximum Gasteiger partial charge on any atom is 0.306 e. The Labute approximate surface area is 460 Å². The molecular formula is C68H122O6. The van der Waals surface area contributed by atoms with Crippen molar-refractivity contribution in [3.8, 4) is 0 Å². The van der Waals surface area contributed by atoms with Crippen molar-refractivity contribution in [3.63, 3.8) is 0 Å². The Kier molecular flexibility index (Phi) is 60.2. The van der Waals surface area contributed by atoms with Gasteiger partial charge in [-0.05, 0) is 64.2 Å². The smallest absolute Gasteiger partial charge is 0.306 e. The first-order valence-electron chi connectivity index (χ1n) is 32.3. The molecule has 430 valence electrons. The van der Waals surface area contributed by atoms with Crippen molar-refractivity contribution >= 4 is 17.9 Å². The molecule has 0 fully saturated rings. The minimum absolute atomic E-state index is 0.0690. The fourth-order valence-electron chi connectivity index (χ4n) is 9.47. The van der Waals surface area contributed by atoms with Crippen LogP contribution in [0, 0.1) is 0 Å². The normalized spacial score (nSPS) is 12.4. The maximum atomic E-state index is 12.8. The van der Waals surface area contributed by atoms with Crippen molar-refractivity contribution in [3.05, 3.63) is 60.8 Å². The van der Waals surface area contributed by atoms with Gasteiger partial charge in [-0.3, -0.25) is 14.4 Å². The summed E-state index contributed by atoms with van der Waals surface area (Å²) in [4.78, 5) is 38.0. The minimum atomic E-state index is -0.767. The summed E-state index contributed by atoms with van der Waals surface area (Å²) in [7, 11) is 0. The third-order valence-electron chi connectivity index (χ3n) is 14.3. The van der Waals surface area contributed by atoms with Gasteiger partial charge in [-0.1, -0.05) is 313 Å². The summed E-state index contributed by atoms with van der Waals surface area (Å²) in [6, 6.07) is 0. The summed E-state index contributed by atoms with van der Waals surface area (Å²) >= 11 is 0. The van der Waals surface area contributed by atoms with Gasteiger partial charge in [0.25, 0.3) is 0 Å². The van der Waals surface area contributed by atoms with Crippen LogP contribution in [0.3, 0.4) is 0 Å². The predicted molar refractivity (Wildman–Crippen MR) is 321 cm³/mol. The molecule has 1 atom stereocenters. The lowest BCUT2D eigenvalue weighted by Crippen LogP contribution is -2.30. The van der Waals surface area contributed by atoms with Crippen molar-refractivity contribution in [2.45, 2.75) is 341 Å². The van der Waals surface area contributed by atoms with Crippen LogP contribution in [0.1, 0.15) is 335 Å². The van der Waals surface area contributed by atoms with Crippen LogP contribution >= 0.6 is 0 Å². The molecule has 0 amide bonds. The summed E-state index contributed by atoms with van der Waals surface area (Å²) in [6.07, 6.45) is 79.9. The van der Waals surface area contributed by atoms with Crippen LogP contribution in [0.5, 0.6) is 0 Å². The van der Waals surface area contributed by atoms with E-state index in [9.17, 15) is 14.4 Å². The van der Waals surface area contributed by atoms with Gasteiger partial charge in [-0.2, -0.15) is 0 Å². The molecule has 0 aliphatic heterocycles. The summed E-state index contributed by atoms with van der Waals surface area (Å²) in [6.45, 7) is 6.51. The maximum absolute atomic E-state index is 12.8. The van der Waals surface area contributed by atoms with Crippen molar-refractivity contribution in [2.75, 3.05) is 13.2 Å². The van der Waals surface area contributed by atoms with Gasteiger partial charge in [-0.25, -0.2) is 0 Å². The highest BCUT2D eigenvalue weighted by atomic mass is 16.6. The molecule has 0 spiro atoms. The molecule has 0 aromatic rings. The highest BCUT2D eigenvalue weighted by molar-refractivity contribution is 5.71. The molecule has 0 N–H and O–H groups in total. The minimum Gasteiger partial charge on any atom is -0.462 e. The van der Waals surface area contributed by atoms with Gasteiger partial charge in [-0.15, -0.1) is 0 Å². The number of rotatable bonds is 59. The molecule has 0 aromatic heterocycles. The van der Waals surface area contributed by atoms with Crippen LogP contribution in [0.2, 0.25) is 0 Å². The number of allylic oxidation sites excluding steroid dienone is 10. The molecule has 0 heterocycles. The van der Waals surface area contributed by atoms with Crippen LogP contribution in [-0.4, -0.2) is 37.2 Å². The molecule has 0 saturated carbocycles. The Morgan fingerprint density at radius 3 is 0.824 bits per heavy atom. The van der Waals surface area contributed by atoms with E-state index in [2.05, 4.69) is 81.5 Å². The highest BCUT2D eigenvalue weighted by Gasteiger charge is 2.19. The highest BCUT2D eigenvalue weighted by Crippen LogP contribution is 2.18. The molecule has 74 heavy (non-hydrogen) atoms. The van der Waals surface area contributed by atoms with Gasteiger partial charge < -0.3 is 14.2 Å². The lowest BCUT2D eigenvalue weighted by molar-refractivity contribution is -0.167. The number of esters is 3. The van der Waals surface area contributed by atoms with Crippen molar-refractivity contribution in [1.29, 1.82) is 0 Å². The Morgan fingerprint density at radius 2 is 0.527 bits per heavy atom. The Bertz CT molecular complexity index is 1330. The first kappa shape index (κ1) is 71.1. The van der Waals surface area contributed by atoms with Crippen LogP contribution in [0.15, 0.2) is 60.8 Å². The van der Waals surface area contributed by atoms with E-state index in [0.29, 0.717) is 19.3 Å². The van der Waals surface area contributed by atoms with E-state index >= 15 is 0 Å². The molecule has 0 aromatic carbocycles. The fourth-order valence-corrected chi connectivity index (χ4v) is 9.47. The molecular weight excluding hydrogens is 913 g/mol. The lowest BCUT2D eigenvalue weighted by Gasteiger charge is -2.18. The van der Waals surface area contributed by atoms with Crippen LogP contribution in [-0.2, 0) is 28.6 Å². The monoisotopic (exact) mass is 1030 g/mol. The predicted octanol–water partition coefficient (Wildman–Crippen LogP) is 21.9. The van der Waals surface area contributed by atoms with E-state index in [1.165, 1.54) is 205 Å².